The molecule has 1 fully saturated rings. The molecule has 4 nitrogen and oxygen atoms in total. The summed E-state index contributed by atoms with van der Waals surface area (Å²) in [5.74, 6) is 1.47. The second-order valence-electron chi connectivity index (χ2n) is 6.26. The lowest BCUT2D eigenvalue weighted by Gasteiger charge is -2.17. The molecule has 1 aliphatic carbocycles. The zero-order valence-corrected chi connectivity index (χ0v) is 12.1. The summed E-state index contributed by atoms with van der Waals surface area (Å²) < 4.78 is 1.94. The standard InChI is InChI=1S/C18H15N3O/c22-18-14-7-5-11(15-3-1-2-8-19-15)10-16(14)20-17-12-4-6-13(9-12)21(17)18/h1-3,5,7-8,10,12-13H,4,6,9H2. The molecule has 0 amide bonds. The monoisotopic (exact) mass is 289 g/mol. The number of aromatic nitrogens is 3. The lowest BCUT2D eigenvalue weighted by atomic mass is 10.1. The molecule has 3 aromatic rings. The van der Waals surface area contributed by atoms with Gasteiger partial charge in [-0.2, -0.15) is 0 Å². The van der Waals surface area contributed by atoms with Crippen LogP contribution in [-0.4, -0.2) is 14.5 Å². The maximum absolute atomic E-state index is 12.8. The largest absolute Gasteiger partial charge is 0.293 e. The molecule has 108 valence electrons. The number of fused-ring (bicyclic) bond motifs is 6. The maximum atomic E-state index is 12.8. The summed E-state index contributed by atoms with van der Waals surface area (Å²) in [6, 6.07) is 12.1. The van der Waals surface area contributed by atoms with E-state index in [1.54, 1.807) is 6.20 Å². The molecule has 2 atom stereocenters. The van der Waals surface area contributed by atoms with Gasteiger partial charge in [-0.05, 0) is 43.5 Å². The van der Waals surface area contributed by atoms with E-state index >= 15 is 0 Å². The van der Waals surface area contributed by atoms with Crippen molar-refractivity contribution < 1.29 is 0 Å². The Morgan fingerprint density at radius 1 is 1.14 bits per heavy atom. The zero-order chi connectivity index (χ0) is 14.7. The highest BCUT2D eigenvalue weighted by Gasteiger charge is 2.39. The summed E-state index contributed by atoms with van der Waals surface area (Å²) in [6.07, 6.45) is 5.16. The molecule has 22 heavy (non-hydrogen) atoms. The van der Waals surface area contributed by atoms with Gasteiger partial charge in [0.25, 0.3) is 5.56 Å². The predicted octanol–water partition coefficient (Wildman–Crippen LogP) is 3.28. The Morgan fingerprint density at radius 2 is 2.09 bits per heavy atom. The molecule has 2 aromatic heterocycles. The lowest BCUT2D eigenvalue weighted by molar-refractivity contribution is 0.504. The van der Waals surface area contributed by atoms with Gasteiger partial charge in [0.05, 0.1) is 16.6 Å². The van der Waals surface area contributed by atoms with Crippen LogP contribution in [-0.2, 0) is 0 Å². The van der Waals surface area contributed by atoms with Crippen LogP contribution in [0.25, 0.3) is 22.2 Å². The molecule has 2 unspecified atom stereocenters. The highest BCUT2D eigenvalue weighted by molar-refractivity contribution is 5.83. The number of benzene rings is 1. The van der Waals surface area contributed by atoms with Crippen molar-refractivity contribution >= 4 is 10.9 Å². The van der Waals surface area contributed by atoms with Crippen molar-refractivity contribution in [2.45, 2.75) is 31.2 Å². The second-order valence-corrected chi connectivity index (χ2v) is 6.26. The average molecular weight is 289 g/mol. The summed E-state index contributed by atoms with van der Waals surface area (Å²) in [7, 11) is 0. The van der Waals surface area contributed by atoms with Gasteiger partial charge in [-0.3, -0.25) is 14.3 Å². The van der Waals surface area contributed by atoms with Crippen molar-refractivity contribution in [1.29, 1.82) is 0 Å². The molecule has 0 spiro atoms. The topological polar surface area (TPSA) is 47.8 Å². The molecule has 2 bridgehead atoms. The molecule has 0 saturated heterocycles. The second kappa shape index (κ2) is 4.26. The fourth-order valence-corrected chi connectivity index (χ4v) is 3.98. The summed E-state index contributed by atoms with van der Waals surface area (Å²) >= 11 is 0. The Hall–Kier alpha value is -2.49. The smallest absolute Gasteiger partial charge is 0.261 e. The Kier molecular flexibility index (Phi) is 2.34. The van der Waals surface area contributed by atoms with Gasteiger partial charge in [0.1, 0.15) is 5.82 Å². The van der Waals surface area contributed by atoms with E-state index in [9.17, 15) is 4.79 Å². The van der Waals surface area contributed by atoms with Crippen molar-refractivity contribution in [1.82, 2.24) is 14.5 Å². The molecular weight excluding hydrogens is 274 g/mol. The third kappa shape index (κ3) is 1.55. The van der Waals surface area contributed by atoms with Gasteiger partial charge in [0.2, 0.25) is 0 Å². The van der Waals surface area contributed by atoms with Gasteiger partial charge in [-0.25, -0.2) is 4.98 Å². The Balaban J connectivity index is 1.76. The molecule has 1 saturated carbocycles. The fraction of sp³-hybridized carbons (Fsp3) is 0.278. The van der Waals surface area contributed by atoms with Crippen molar-refractivity contribution in [2.24, 2.45) is 0 Å². The first-order chi connectivity index (χ1) is 10.8. The molecule has 0 N–H and O–H groups in total. The van der Waals surface area contributed by atoms with E-state index < -0.39 is 0 Å². The number of pyridine rings is 1. The lowest BCUT2D eigenvalue weighted by Crippen LogP contribution is -2.26. The third-order valence-electron chi connectivity index (χ3n) is 5.02. The quantitative estimate of drug-likeness (QED) is 0.690. The van der Waals surface area contributed by atoms with Gasteiger partial charge in [-0.15, -0.1) is 0 Å². The van der Waals surface area contributed by atoms with E-state index in [0.717, 1.165) is 40.8 Å². The van der Waals surface area contributed by atoms with Crippen LogP contribution in [0.1, 0.15) is 37.0 Å². The molecule has 1 aliphatic heterocycles. The summed E-state index contributed by atoms with van der Waals surface area (Å²) in [5.41, 5.74) is 2.84. The molecule has 3 heterocycles. The number of hydrogen-bond donors (Lipinski definition) is 0. The molecule has 0 radical (unpaired) electrons. The van der Waals surface area contributed by atoms with Crippen LogP contribution in [0, 0.1) is 0 Å². The molecular formula is C18H15N3O. The Morgan fingerprint density at radius 3 is 2.95 bits per heavy atom. The Bertz CT molecular complexity index is 946. The van der Waals surface area contributed by atoms with Crippen molar-refractivity contribution in [2.75, 3.05) is 0 Å². The number of nitrogens with zero attached hydrogens (tertiary/aromatic N) is 3. The van der Waals surface area contributed by atoms with Gasteiger partial charge in [0.15, 0.2) is 0 Å². The van der Waals surface area contributed by atoms with Crippen LogP contribution in [0.15, 0.2) is 47.4 Å². The molecule has 5 rings (SSSR count). The summed E-state index contributed by atoms with van der Waals surface area (Å²) in [4.78, 5) is 22.0. The van der Waals surface area contributed by atoms with E-state index in [4.69, 9.17) is 4.98 Å². The van der Waals surface area contributed by atoms with Gasteiger partial charge >= 0.3 is 0 Å². The minimum Gasteiger partial charge on any atom is -0.293 e. The fourth-order valence-electron chi connectivity index (χ4n) is 3.98. The first-order valence-corrected chi connectivity index (χ1v) is 7.79. The van der Waals surface area contributed by atoms with Crippen LogP contribution < -0.4 is 5.56 Å². The zero-order valence-electron chi connectivity index (χ0n) is 12.1. The summed E-state index contributed by atoms with van der Waals surface area (Å²) in [6.45, 7) is 0. The van der Waals surface area contributed by atoms with Crippen LogP contribution in [0.2, 0.25) is 0 Å². The minimum absolute atomic E-state index is 0.125. The van der Waals surface area contributed by atoms with Crippen LogP contribution in [0.3, 0.4) is 0 Å². The summed E-state index contributed by atoms with van der Waals surface area (Å²) in [5, 5.41) is 0.719. The number of hydrogen-bond acceptors (Lipinski definition) is 3. The predicted molar refractivity (Wildman–Crippen MR) is 84.9 cm³/mol. The van der Waals surface area contributed by atoms with Gasteiger partial charge in [0, 0.05) is 23.7 Å². The van der Waals surface area contributed by atoms with Crippen LogP contribution in [0.5, 0.6) is 0 Å². The van der Waals surface area contributed by atoms with Crippen molar-refractivity contribution in [3.63, 3.8) is 0 Å². The van der Waals surface area contributed by atoms with Crippen molar-refractivity contribution in [3.8, 4) is 11.3 Å². The van der Waals surface area contributed by atoms with Gasteiger partial charge < -0.3 is 0 Å². The van der Waals surface area contributed by atoms with E-state index in [1.165, 1.54) is 6.42 Å². The molecule has 1 aromatic carbocycles. The Labute approximate surface area is 127 Å². The maximum Gasteiger partial charge on any atom is 0.261 e. The molecule has 4 heteroatoms. The van der Waals surface area contributed by atoms with Crippen LogP contribution >= 0.6 is 0 Å². The van der Waals surface area contributed by atoms with Gasteiger partial charge in [-0.1, -0.05) is 12.1 Å². The minimum atomic E-state index is 0.125. The average Bonchev–Trinajstić information content (AvgIpc) is 3.17. The van der Waals surface area contributed by atoms with Crippen LogP contribution in [0.4, 0.5) is 0 Å². The number of rotatable bonds is 1. The first kappa shape index (κ1) is 12.1. The SMILES string of the molecule is O=c1c2ccc(-c3ccccn3)cc2nc2n1C1CCC2C1. The highest BCUT2D eigenvalue weighted by atomic mass is 16.1. The van der Waals surface area contributed by atoms with E-state index in [2.05, 4.69) is 4.98 Å². The normalized spacial score (nSPS) is 22.2. The van der Waals surface area contributed by atoms with E-state index in [1.807, 2.05) is 41.0 Å². The van der Waals surface area contributed by atoms with Crippen molar-refractivity contribution in [3.05, 3.63) is 58.8 Å². The van der Waals surface area contributed by atoms with E-state index in [-0.39, 0.29) is 5.56 Å². The highest BCUT2D eigenvalue weighted by Crippen LogP contribution is 2.46. The first-order valence-electron chi connectivity index (χ1n) is 7.79. The van der Waals surface area contributed by atoms with E-state index in [0.29, 0.717) is 12.0 Å². The third-order valence-corrected chi connectivity index (χ3v) is 5.02. The molecule has 2 aliphatic rings.